The van der Waals surface area contributed by atoms with E-state index in [1.807, 2.05) is 6.07 Å². The molecule has 8 nitrogen and oxygen atoms in total. The number of nitrogens with zero attached hydrogens (tertiary/aromatic N) is 3. The molecule has 32 heavy (non-hydrogen) atoms. The van der Waals surface area contributed by atoms with Crippen molar-refractivity contribution < 1.29 is 18.0 Å². The van der Waals surface area contributed by atoms with Crippen LogP contribution in [0.15, 0.2) is 42.6 Å². The number of halogens is 3. The molecule has 5 rings (SSSR count). The van der Waals surface area contributed by atoms with E-state index in [4.69, 9.17) is 0 Å². The van der Waals surface area contributed by atoms with Crippen LogP contribution in [-0.4, -0.2) is 38.4 Å². The van der Waals surface area contributed by atoms with Crippen LogP contribution < -0.4 is 16.0 Å². The maximum atomic E-state index is 12.9. The fourth-order valence-electron chi connectivity index (χ4n) is 3.65. The zero-order valence-electron chi connectivity index (χ0n) is 16.6. The van der Waals surface area contributed by atoms with E-state index in [1.165, 1.54) is 12.1 Å². The lowest BCUT2D eigenvalue weighted by molar-refractivity contribution is -0.144. The van der Waals surface area contributed by atoms with Gasteiger partial charge in [-0.25, -0.2) is 15.0 Å². The van der Waals surface area contributed by atoms with Crippen LogP contribution in [0.25, 0.3) is 21.9 Å². The number of imidazole rings is 1. The average Bonchev–Trinajstić information content (AvgIpc) is 3.43. The van der Waals surface area contributed by atoms with Gasteiger partial charge in [0.2, 0.25) is 17.7 Å². The Kier molecular flexibility index (Phi) is 4.89. The zero-order valence-corrected chi connectivity index (χ0v) is 16.6. The first-order chi connectivity index (χ1) is 15.3. The quantitative estimate of drug-likeness (QED) is 0.382. The summed E-state index contributed by atoms with van der Waals surface area (Å²) in [6, 6.07) is 9.75. The molecule has 1 aliphatic heterocycles. The summed E-state index contributed by atoms with van der Waals surface area (Å²) in [4.78, 5) is 26.9. The Morgan fingerprint density at radius 3 is 2.69 bits per heavy atom. The molecule has 3 heterocycles. The predicted octanol–water partition coefficient (Wildman–Crippen LogP) is 3.96. The normalized spacial score (nSPS) is 16.5. The fraction of sp³-hybridized carbons (Fsp3) is 0.238. The number of carbonyl (C=O) groups excluding carboxylic acids is 1. The second-order valence-electron chi connectivity index (χ2n) is 7.55. The van der Waals surface area contributed by atoms with E-state index in [9.17, 15) is 18.0 Å². The van der Waals surface area contributed by atoms with Gasteiger partial charge in [0, 0.05) is 23.0 Å². The number of H-pyrrole nitrogens is 1. The van der Waals surface area contributed by atoms with Crippen LogP contribution in [0.5, 0.6) is 0 Å². The first kappa shape index (κ1) is 20.2. The van der Waals surface area contributed by atoms with E-state index in [-0.39, 0.29) is 28.9 Å². The van der Waals surface area contributed by atoms with Crippen LogP contribution in [-0.2, 0) is 11.0 Å². The molecule has 2 aromatic heterocycles. The van der Waals surface area contributed by atoms with Gasteiger partial charge in [-0.15, -0.1) is 0 Å². The number of anilines is 3. The number of rotatable bonds is 4. The van der Waals surface area contributed by atoms with Crippen molar-refractivity contribution in [3.8, 4) is 0 Å². The summed E-state index contributed by atoms with van der Waals surface area (Å²) in [5.41, 5.74) is 2.19. The number of carbonyl (C=O) groups is 1. The average molecular weight is 441 g/mol. The standard InChI is InChI=1S/C21H18F3N7O/c22-21(23,24)19-29-14-6-5-13(9-17(14)30-19)28-20-26-10-11-3-4-12(8-16(11)31-20)27-18(32)15-2-1-7-25-15/h3-6,8-10,15,25H,1-2,7H2,(H,27,32)(H,29,30)(H,26,28,31). The number of hydrogen-bond acceptors (Lipinski definition) is 6. The molecule has 1 fully saturated rings. The Hall–Kier alpha value is -3.73. The summed E-state index contributed by atoms with van der Waals surface area (Å²) in [6.45, 7) is 0.833. The first-order valence-corrected chi connectivity index (χ1v) is 10.0. The molecule has 0 spiro atoms. The van der Waals surface area contributed by atoms with Crippen LogP contribution in [0.2, 0.25) is 0 Å². The summed E-state index contributed by atoms with van der Waals surface area (Å²) in [7, 11) is 0. The van der Waals surface area contributed by atoms with Gasteiger partial charge in [0.15, 0.2) is 0 Å². The van der Waals surface area contributed by atoms with Gasteiger partial charge in [0.05, 0.1) is 22.6 Å². The van der Waals surface area contributed by atoms with Crippen molar-refractivity contribution in [2.75, 3.05) is 17.2 Å². The number of amides is 1. The molecule has 1 unspecified atom stereocenters. The third-order valence-corrected chi connectivity index (χ3v) is 5.23. The van der Waals surface area contributed by atoms with E-state index in [1.54, 1.807) is 24.4 Å². The lowest BCUT2D eigenvalue weighted by Crippen LogP contribution is -2.35. The highest BCUT2D eigenvalue weighted by atomic mass is 19.4. The number of nitrogens with one attached hydrogen (secondary N) is 4. The highest BCUT2D eigenvalue weighted by Crippen LogP contribution is 2.29. The second-order valence-corrected chi connectivity index (χ2v) is 7.55. The fourth-order valence-corrected chi connectivity index (χ4v) is 3.65. The molecule has 1 amide bonds. The maximum absolute atomic E-state index is 12.9. The topological polar surface area (TPSA) is 108 Å². The molecule has 4 aromatic rings. The van der Waals surface area contributed by atoms with Crippen molar-refractivity contribution >= 4 is 45.2 Å². The highest BCUT2D eigenvalue weighted by molar-refractivity contribution is 5.97. The summed E-state index contributed by atoms with van der Waals surface area (Å²) in [5, 5.41) is 9.83. The molecule has 11 heteroatoms. The van der Waals surface area contributed by atoms with Gasteiger partial charge in [0.1, 0.15) is 0 Å². The molecule has 1 atom stereocenters. The Labute approximate surface area is 179 Å². The van der Waals surface area contributed by atoms with Gasteiger partial charge in [-0.3, -0.25) is 4.79 Å². The van der Waals surface area contributed by atoms with Crippen molar-refractivity contribution in [2.24, 2.45) is 0 Å². The van der Waals surface area contributed by atoms with Crippen LogP contribution in [0.1, 0.15) is 18.7 Å². The van der Waals surface area contributed by atoms with Crippen molar-refractivity contribution in [1.82, 2.24) is 25.3 Å². The maximum Gasteiger partial charge on any atom is 0.449 e. The Balaban J connectivity index is 1.37. The highest BCUT2D eigenvalue weighted by Gasteiger charge is 2.34. The van der Waals surface area contributed by atoms with Crippen LogP contribution >= 0.6 is 0 Å². The minimum absolute atomic E-state index is 0.0830. The predicted molar refractivity (Wildman–Crippen MR) is 114 cm³/mol. The minimum atomic E-state index is -4.55. The number of hydrogen-bond donors (Lipinski definition) is 4. The van der Waals surface area contributed by atoms with Crippen molar-refractivity contribution in [2.45, 2.75) is 25.1 Å². The van der Waals surface area contributed by atoms with E-state index < -0.39 is 12.0 Å². The Bertz CT molecular complexity index is 1310. The molecular weight excluding hydrogens is 423 g/mol. The number of aromatic nitrogens is 4. The summed E-state index contributed by atoms with van der Waals surface area (Å²) in [6.07, 6.45) is -1.14. The Morgan fingerprint density at radius 2 is 1.91 bits per heavy atom. The first-order valence-electron chi connectivity index (χ1n) is 10.0. The van der Waals surface area contributed by atoms with Crippen LogP contribution in [0, 0.1) is 0 Å². The molecule has 1 saturated heterocycles. The summed E-state index contributed by atoms with van der Waals surface area (Å²) >= 11 is 0. The van der Waals surface area contributed by atoms with Gasteiger partial charge in [0.25, 0.3) is 0 Å². The largest absolute Gasteiger partial charge is 0.449 e. The van der Waals surface area contributed by atoms with E-state index in [2.05, 4.69) is 35.9 Å². The van der Waals surface area contributed by atoms with Crippen molar-refractivity contribution in [3.63, 3.8) is 0 Å². The van der Waals surface area contributed by atoms with Gasteiger partial charge in [-0.2, -0.15) is 13.2 Å². The van der Waals surface area contributed by atoms with Crippen molar-refractivity contribution in [3.05, 3.63) is 48.4 Å². The molecule has 1 aliphatic rings. The van der Waals surface area contributed by atoms with Crippen LogP contribution in [0.3, 0.4) is 0 Å². The minimum Gasteiger partial charge on any atom is -0.334 e. The Morgan fingerprint density at radius 1 is 1.06 bits per heavy atom. The number of aromatic amines is 1. The van der Waals surface area contributed by atoms with Gasteiger partial charge in [-0.05, 0) is 55.8 Å². The lowest BCUT2D eigenvalue weighted by atomic mass is 10.2. The van der Waals surface area contributed by atoms with Gasteiger partial charge >= 0.3 is 6.18 Å². The monoisotopic (exact) mass is 441 g/mol. The van der Waals surface area contributed by atoms with E-state index in [0.717, 1.165) is 24.8 Å². The molecule has 2 aromatic carbocycles. The molecule has 4 N–H and O–H groups in total. The SMILES string of the molecule is O=C(Nc1ccc2cnc(Nc3ccc4nc(C(F)(F)F)[nH]c4c3)nc2c1)C1CCCN1. The number of fused-ring (bicyclic) bond motifs is 2. The molecule has 0 saturated carbocycles. The molecule has 0 radical (unpaired) electrons. The second kappa shape index (κ2) is 7.75. The third kappa shape index (κ3) is 4.06. The molecule has 0 aliphatic carbocycles. The smallest absolute Gasteiger partial charge is 0.334 e. The van der Waals surface area contributed by atoms with Gasteiger partial charge in [-0.1, -0.05) is 0 Å². The molecule has 164 valence electrons. The van der Waals surface area contributed by atoms with Crippen molar-refractivity contribution in [1.29, 1.82) is 0 Å². The molecular formula is C21H18F3N7O. The lowest BCUT2D eigenvalue weighted by Gasteiger charge is -2.12. The van der Waals surface area contributed by atoms with E-state index >= 15 is 0 Å². The van der Waals surface area contributed by atoms with E-state index in [0.29, 0.717) is 16.9 Å². The summed E-state index contributed by atoms with van der Waals surface area (Å²) < 4.78 is 38.6. The van der Waals surface area contributed by atoms with Crippen LogP contribution in [0.4, 0.5) is 30.5 Å². The summed E-state index contributed by atoms with van der Waals surface area (Å²) in [5.74, 6) is -0.859. The third-order valence-electron chi connectivity index (χ3n) is 5.23. The number of alkyl halides is 3. The zero-order chi connectivity index (χ0) is 22.3. The molecule has 0 bridgehead atoms. The van der Waals surface area contributed by atoms with Gasteiger partial charge < -0.3 is 20.9 Å². The number of benzene rings is 2.